The molecule has 0 aromatic heterocycles. The van der Waals surface area contributed by atoms with E-state index >= 15 is 0 Å². The highest BCUT2D eigenvalue weighted by atomic mass is 16.5. The summed E-state index contributed by atoms with van der Waals surface area (Å²) in [5, 5.41) is 0. The molecule has 1 aromatic carbocycles. The maximum Gasteiger partial charge on any atom is 0.166 e. The smallest absolute Gasteiger partial charge is 0.166 e. The Morgan fingerprint density at radius 3 is 2.35 bits per heavy atom. The molecule has 0 spiro atoms. The molecule has 0 N–H and O–H groups in total. The Morgan fingerprint density at radius 2 is 1.70 bits per heavy atom. The molecule has 20 heavy (non-hydrogen) atoms. The van der Waals surface area contributed by atoms with E-state index in [1.807, 2.05) is 32.0 Å². The van der Waals surface area contributed by atoms with Crippen molar-refractivity contribution in [3.8, 4) is 11.5 Å². The first-order chi connectivity index (χ1) is 9.72. The molecular weight excluding hydrogens is 252 g/mol. The van der Waals surface area contributed by atoms with Crippen molar-refractivity contribution in [2.45, 2.75) is 33.1 Å². The van der Waals surface area contributed by atoms with Gasteiger partial charge in [-0.15, -0.1) is 0 Å². The Morgan fingerprint density at radius 1 is 1.05 bits per heavy atom. The number of carbonyl (C=O) groups is 1. The Balaban J connectivity index is 1.78. The van der Waals surface area contributed by atoms with E-state index in [2.05, 4.69) is 0 Å². The first-order valence-corrected chi connectivity index (χ1v) is 7.66. The first-order valence-electron chi connectivity index (χ1n) is 7.66. The molecule has 2 saturated carbocycles. The fourth-order valence-electron chi connectivity index (χ4n) is 3.37. The van der Waals surface area contributed by atoms with Crippen LogP contribution >= 0.6 is 0 Å². The topological polar surface area (TPSA) is 35.5 Å². The van der Waals surface area contributed by atoms with Crippen LogP contribution in [0.1, 0.15) is 43.5 Å². The number of hydrogen-bond donors (Lipinski definition) is 0. The lowest BCUT2D eigenvalue weighted by molar-refractivity contribution is 0.0914. The fraction of sp³-hybridized carbons (Fsp3) is 0.588. The summed E-state index contributed by atoms with van der Waals surface area (Å²) in [6.07, 6.45) is 3.51. The standard InChI is InChI=1S/C17H22O3/c1-3-19-15-6-5-11(10-16(15)20-4-2)17(18)14-8-12-7-13(12)9-14/h5-6,10,12-14H,3-4,7-9H2,1-2H3. The van der Waals surface area contributed by atoms with E-state index in [0.717, 1.165) is 36.0 Å². The molecule has 108 valence electrons. The minimum absolute atomic E-state index is 0.228. The quantitative estimate of drug-likeness (QED) is 0.742. The van der Waals surface area contributed by atoms with Gasteiger partial charge < -0.3 is 9.47 Å². The van der Waals surface area contributed by atoms with Crippen LogP contribution in [0.25, 0.3) is 0 Å². The molecule has 1 aromatic rings. The molecule has 2 aliphatic rings. The number of Topliss-reactive ketones (excluding diaryl/α,β-unsaturated/α-hetero) is 1. The minimum atomic E-state index is 0.228. The largest absolute Gasteiger partial charge is 0.490 e. The third-order valence-corrected chi connectivity index (χ3v) is 4.44. The number of rotatable bonds is 6. The van der Waals surface area contributed by atoms with Crippen molar-refractivity contribution in [2.24, 2.45) is 17.8 Å². The molecule has 3 nitrogen and oxygen atoms in total. The highest BCUT2D eigenvalue weighted by Gasteiger charge is 2.48. The Bertz CT molecular complexity index is 499. The van der Waals surface area contributed by atoms with E-state index in [0.29, 0.717) is 19.0 Å². The highest BCUT2D eigenvalue weighted by molar-refractivity contribution is 5.98. The number of benzene rings is 1. The number of carbonyl (C=O) groups excluding carboxylic acids is 1. The lowest BCUT2D eigenvalue weighted by atomic mass is 9.93. The van der Waals surface area contributed by atoms with Gasteiger partial charge in [0, 0.05) is 11.5 Å². The Kier molecular flexibility index (Phi) is 3.68. The van der Waals surface area contributed by atoms with Crippen LogP contribution in [0.2, 0.25) is 0 Å². The van der Waals surface area contributed by atoms with Crippen molar-refractivity contribution < 1.29 is 14.3 Å². The molecule has 0 bridgehead atoms. The normalized spacial score (nSPS) is 27.0. The zero-order valence-corrected chi connectivity index (χ0v) is 12.2. The van der Waals surface area contributed by atoms with Crippen molar-refractivity contribution in [3.05, 3.63) is 23.8 Å². The summed E-state index contributed by atoms with van der Waals surface area (Å²) < 4.78 is 11.1. The Labute approximate surface area is 120 Å². The predicted molar refractivity (Wildman–Crippen MR) is 77.4 cm³/mol. The van der Waals surface area contributed by atoms with Gasteiger partial charge in [0.05, 0.1) is 13.2 Å². The van der Waals surface area contributed by atoms with E-state index in [1.165, 1.54) is 6.42 Å². The van der Waals surface area contributed by atoms with Gasteiger partial charge in [0.15, 0.2) is 17.3 Å². The van der Waals surface area contributed by atoms with Gasteiger partial charge in [-0.05, 0) is 63.1 Å². The van der Waals surface area contributed by atoms with Gasteiger partial charge in [-0.3, -0.25) is 4.79 Å². The van der Waals surface area contributed by atoms with Crippen LogP contribution in [0.5, 0.6) is 11.5 Å². The van der Waals surface area contributed by atoms with Crippen LogP contribution in [0.4, 0.5) is 0 Å². The molecule has 3 rings (SSSR count). The van der Waals surface area contributed by atoms with Crippen molar-refractivity contribution in [1.29, 1.82) is 0 Å². The summed E-state index contributed by atoms with van der Waals surface area (Å²) in [6.45, 7) is 5.05. The summed E-state index contributed by atoms with van der Waals surface area (Å²) in [6, 6.07) is 5.58. The van der Waals surface area contributed by atoms with E-state index in [1.54, 1.807) is 0 Å². The highest BCUT2D eigenvalue weighted by Crippen LogP contribution is 2.55. The molecule has 0 aliphatic heterocycles. The summed E-state index contributed by atoms with van der Waals surface area (Å²) >= 11 is 0. The molecule has 0 heterocycles. The second-order valence-electron chi connectivity index (χ2n) is 5.82. The molecule has 3 heteroatoms. The van der Waals surface area contributed by atoms with Crippen LogP contribution in [0.15, 0.2) is 18.2 Å². The van der Waals surface area contributed by atoms with Crippen molar-refractivity contribution in [2.75, 3.05) is 13.2 Å². The van der Waals surface area contributed by atoms with Gasteiger partial charge in [0.25, 0.3) is 0 Å². The summed E-state index contributed by atoms with van der Waals surface area (Å²) in [5.41, 5.74) is 0.767. The molecule has 2 aliphatic carbocycles. The monoisotopic (exact) mass is 274 g/mol. The van der Waals surface area contributed by atoms with Gasteiger partial charge in [-0.1, -0.05) is 0 Å². The van der Waals surface area contributed by atoms with E-state index in [9.17, 15) is 4.79 Å². The maximum absolute atomic E-state index is 12.5. The van der Waals surface area contributed by atoms with Gasteiger partial charge in [0.1, 0.15) is 0 Å². The average Bonchev–Trinajstić information content (AvgIpc) is 3.07. The second-order valence-corrected chi connectivity index (χ2v) is 5.82. The molecule has 0 amide bonds. The first kappa shape index (κ1) is 13.5. The lowest BCUT2D eigenvalue weighted by Gasteiger charge is -2.14. The van der Waals surface area contributed by atoms with Crippen LogP contribution in [0, 0.1) is 17.8 Å². The zero-order valence-electron chi connectivity index (χ0n) is 12.2. The maximum atomic E-state index is 12.5. The molecule has 2 fully saturated rings. The van der Waals surface area contributed by atoms with Crippen molar-refractivity contribution in [1.82, 2.24) is 0 Å². The van der Waals surface area contributed by atoms with E-state index in [-0.39, 0.29) is 11.7 Å². The minimum Gasteiger partial charge on any atom is -0.490 e. The Hall–Kier alpha value is -1.51. The molecule has 0 radical (unpaired) electrons. The number of hydrogen-bond acceptors (Lipinski definition) is 3. The van der Waals surface area contributed by atoms with E-state index < -0.39 is 0 Å². The van der Waals surface area contributed by atoms with E-state index in [4.69, 9.17) is 9.47 Å². The summed E-state index contributed by atoms with van der Waals surface area (Å²) in [7, 11) is 0. The SMILES string of the molecule is CCOc1ccc(C(=O)C2CC3CC3C2)cc1OCC. The molecular formula is C17H22O3. The van der Waals surface area contributed by atoms with Crippen LogP contribution in [-0.4, -0.2) is 19.0 Å². The lowest BCUT2D eigenvalue weighted by Crippen LogP contribution is -2.13. The van der Waals surface area contributed by atoms with Gasteiger partial charge >= 0.3 is 0 Å². The summed E-state index contributed by atoms with van der Waals surface area (Å²) in [5.74, 6) is 3.58. The van der Waals surface area contributed by atoms with Gasteiger partial charge in [-0.2, -0.15) is 0 Å². The van der Waals surface area contributed by atoms with Gasteiger partial charge in [-0.25, -0.2) is 0 Å². The fourth-order valence-corrected chi connectivity index (χ4v) is 3.37. The van der Waals surface area contributed by atoms with Crippen molar-refractivity contribution >= 4 is 5.78 Å². The molecule has 2 atom stereocenters. The second kappa shape index (κ2) is 5.47. The molecule has 0 saturated heterocycles. The predicted octanol–water partition coefficient (Wildman–Crippen LogP) is 3.71. The number of ether oxygens (including phenoxy) is 2. The third-order valence-electron chi connectivity index (χ3n) is 4.44. The number of ketones is 1. The third kappa shape index (κ3) is 2.54. The summed E-state index contributed by atoms with van der Waals surface area (Å²) in [4.78, 5) is 12.5. The van der Waals surface area contributed by atoms with Crippen LogP contribution < -0.4 is 9.47 Å². The van der Waals surface area contributed by atoms with Crippen molar-refractivity contribution in [3.63, 3.8) is 0 Å². The van der Waals surface area contributed by atoms with Crippen LogP contribution in [0.3, 0.4) is 0 Å². The van der Waals surface area contributed by atoms with Gasteiger partial charge in [0.2, 0.25) is 0 Å². The average molecular weight is 274 g/mol. The van der Waals surface area contributed by atoms with Crippen LogP contribution in [-0.2, 0) is 0 Å². The molecule has 2 unspecified atom stereocenters. The zero-order chi connectivity index (χ0) is 14.1. The number of fused-ring (bicyclic) bond motifs is 1.